The molecule has 0 radical (unpaired) electrons. The number of aromatic nitrogens is 3. The standard InChI is InChI=1S/C32H34N8OS.C14H17NO2.H2S/c1-5-24-30-38-35-20(4)40(30)31-27(18(2)19(3)42-31)28(34-24)23-10-8-21(9-11-23)6-7-22-14-32(15-22)16-39(17-32)26-13-12-25(29(33)41)36-37-26;1-16-14-9-13(8-7-11(14)10-15)17-12-5-3-2-4-6-12;/h8-13,22,24,26,37H,5,14-17H2,1-4H3,(H2,33,41);7-9,12H,2-6H2,1H3;1H2. The zero-order chi connectivity index (χ0) is 41.3. The molecule has 3 aliphatic heterocycles. The van der Waals surface area contributed by atoms with Crippen LogP contribution in [0.3, 0.4) is 0 Å². The van der Waals surface area contributed by atoms with Gasteiger partial charge >= 0.3 is 0 Å². The fourth-order valence-electron chi connectivity index (χ4n) is 8.87. The maximum absolute atomic E-state index is 11.3. The first-order valence-electron chi connectivity index (χ1n) is 20.6. The number of rotatable bonds is 7. The molecule has 2 atom stereocenters. The fourth-order valence-corrected chi connectivity index (χ4v) is 10.1. The maximum Gasteiger partial charge on any atom is 0.269 e. The van der Waals surface area contributed by atoms with Crippen LogP contribution in [0, 0.1) is 55.3 Å². The summed E-state index contributed by atoms with van der Waals surface area (Å²) in [6.45, 7) is 10.6. The number of methoxy groups -OCH3 is 1. The van der Waals surface area contributed by atoms with E-state index in [-0.39, 0.29) is 31.4 Å². The number of aryl methyl sites for hydroxylation is 2. The van der Waals surface area contributed by atoms with Crippen LogP contribution < -0.4 is 20.6 Å². The Kier molecular flexibility index (Phi) is 12.9. The number of likely N-dealkylation sites (tertiary alicyclic amines) is 1. The highest BCUT2D eigenvalue weighted by atomic mass is 32.1. The van der Waals surface area contributed by atoms with Crippen LogP contribution >= 0.6 is 24.8 Å². The number of ether oxygens (including phenoxy) is 2. The molecule has 4 aromatic rings. The molecule has 2 aromatic carbocycles. The third-order valence-corrected chi connectivity index (χ3v) is 13.4. The van der Waals surface area contributed by atoms with Crippen LogP contribution in [-0.4, -0.2) is 69.5 Å². The lowest BCUT2D eigenvalue weighted by atomic mass is 9.58. The molecule has 5 aliphatic rings. The molecule has 14 heteroatoms. The maximum atomic E-state index is 11.3. The van der Waals surface area contributed by atoms with E-state index < -0.39 is 5.91 Å². The summed E-state index contributed by atoms with van der Waals surface area (Å²) in [5.41, 5.74) is 15.1. The van der Waals surface area contributed by atoms with Crippen molar-refractivity contribution < 1.29 is 14.3 Å². The smallest absolute Gasteiger partial charge is 0.269 e. The molecule has 12 nitrogen and oxygen atoms in total. The van der Waals surface area contributed by atoms with Crippen molar-refractivity contribution in [2.75, 3.05) is 20.2 Å². The molecule has 1 amide bonds. The van der Waals surface area contributed by atoms with Gasteiger partial charge in [0.2, 0.25) is 0 Å². The number of amides is 1. The predicted octanol–water partition coefficient (Wildman–Crippen LogP) is 7.34. The second-order valence-electron chi connectivity index (χ2n) is 16.3. The average Bonchev–Trinajstić information content (AvgIpc) is 3.70. The number of nitriles is 1. The van der Waals surface area contributed by atoms with E-state index >= 15 is 0 Å². The Bertz CT molecular complexity index is 2430. The lowest BCUT2D eigenvalue weighted by Gasteiger charge is -2.59. The number of carbonyl (C=O) groups is 1. The number of carbonyl (C=O) groups excluding carboxylic acids is 1. The highest BCUT2D eigenvalue weighted by Gasteiger charge is 2.53. The number of nitrogens with one attached hydrogen (secondary N) is 1. The Balaban J connectivity index is 0.000000255. The van der Waals surface area contributed by atoms with E-state index in [2.05, 4.69) is 93.1 Å². The van der Waals surface area contributed by atoms with Crippen LogP contribution in [0.1, 0.15) is 109 Å². The van der Waals surface area contributed by atoms with Crippen LogP contribution in [0.15, 0.2) is 64.7 Å². The van der Waals surface area contributed by atoms with E-state index in [9.17, 15) is 4.79 Å². The second kappa shape index (κ2) is 18.1. The summed E-state index contributed by atoms with van der Waals surface area (Å²) in [4.78, 5) is 20.2. The lowest BCUT2D eigenvalue weighted by molar-refractivity contribution is -0.112. The molecule has 2 aromatic heterocycles. The van der Waals surface area contributed by atoms with E-state index in [1.807, 2.05) is 19.1 Å². The molecular weight excluding hydrogens is 791 g/mol. The van der Waals surface area contributed by atoms with E-state index in [4.69, 9.17) is 25.5 Å². The first kappa shape index (κ1) is 42.7. The second-order valence-corrected chi connectivity index (χ2v) is 17.5. The molecule has 312 valence electrons. The number of fused-ring (bicyclic) bond motifs is 3. The van der Waals surface area contributed by atoms with Gasteiger partial charge in [0.15, 0.2) is 5.82 Å². The van der Waals surface area contributed by atoms with E-state index in [1.165, 1.54) is 35.3 Å². The van der Waals surface area contributed by atoms with Gasteiger partial charge in [0.1, 0.15) is 46.3 Å². The van der Waals surface area contributed by atoms with Gasteiger partial charge in [0.25, 0.3) is 5.91 Å². The van der Waals surface area contributed by atoms with Crippen molar-refractivity contribution >= 4 is 42.2 Å². The van der Waals surface area contributed by atoms with Gasteiger partial charge in [-0.2, -0.15) is 23.9 Å². The summed E-state index contributed by atoms with van der Waals surface area (Å²) in [6.07, 6.45) is 13.2. The normalized spacial score (nSPS) is 20.3. The van der Waals surface area contributed by atoms with Crippen LogP contribution in [-0.2, 0) is 4.79 Å². The van der Waals surface area contributed by atoms with Gasteiger partial charge in [0.05, 0.1) is 24.5 Å². The van der Waals surface area contributed by atoms with Gasteiger partial charge in [-0.3, -0.25) is 24.7 Å². The van der Waals surface area contributed by atoms with Crippen molar-refractivity contribution in [3.05, 3.63) is 99.0 Å². The minimum Gasteiger partial charge on any atom is -0.495 e. The zero-order valence-corrected chi connectivity index (χ0v) is 36.7. The fraction of sp³-hybridized carbons (Fsp3) is 0.435. The molecule has 3 N–H and O–H groups in total. The van der Waals surface area contributed by atoms with Crippen molar-refractivity contribution in [3.8, 4) is 34.4 Å². The molecule has 1 spiro atoms. The first-order chi connectivity index (χ1) is 28.6. The number of thiophene rings is 1. The van der Waals surface area contributed by atoms with Crippen molar-refractivity contribution in [1.29, 1.82) is 5.26 Å². The lowest BCUT2D eigenvalue weighted by Crippen LogP contribution is -2.66. The number of primary amides is 1. The number of nitrogens with two attached hydrogens (primary N) is 1. The summed E-state index contributed by atoms with van der Waals surface area (Å²) in [5.74, 6) is 10.1. The summed E-state index contributed by atoms with van der Waals surface area (Å²) >= 11 is 1.79. The molecular formula is C46H53N9O3S2. The number of benzene rings is 2. The molecule has 9 rings (SSSR count). The molecule has 1 saturated heterocycles. The molecule has 0 bridgehead atoms. The zero-order valence-electron chi connectivity index (χ0n) is 34.9. The number of hydrogen-bond acceptors (Lipinski definition) is 11. The van der Waals surface area contributed by atoms with Gasteiger partial charge in [-0.25, -0.2) is 0 Å². The third-order valence-electron chi connectivity index (χ3n) is 12.2. The topological polar surface area (TPSA) is 156 Å². The van der Waals surface area contributed by atoms with Crippen molar-refractivity contribution in [3.63, 3.8) is 0 Å². The van der Waals surface area contributed by atoms with Crippen molar-refractivity contribution in [1.82, 2.24) is 25.1 Å². The largest absolute Gasteiger partial charge is 0.495 e. The summed E-state index contributed by atoms with van der Waals surface area (Å²) in [7, 11) is 1.57. The summed E-state index contributed by atoms with van der Waals surface area (Å²) in [6, 6.07) is 16.0. The monoisotopic (exact) mass is 843 g/mol. The summed E-state index contributed by atoms with van der Waals surface area (Å²) in [5, 5.41) is 23.1. The van der Waals surface area contributed by atoms with Crippen LogP contribution in [0.4, 0.5) is 0 Å². The van der Waals surface area contributed by atoms with Crippen molar-refractivity contribution in [2.45, 2.75) is 97.4 Å². The minimum atomic E-state index is -0.515. The Labute approximate surface area is 363 Å². The minimum absolute atomic E-state index is 0. The molecule has 5 heterocycles. The SMILES string of the molecule is CCC1N=C(c2ccc(C#CC3CC4(C3)CN(C3C=CC(C(N)=O)=NN3)C4)cc2)c2c(sc(C)c2C)-n2c(C)nnc21.COc1cc(OC2CCCCC2)ccc1C#N.S. The Morgan fingerprint density at radius 3 is 2.47 bits per heavy atom. The first-order valence-corrected chi connectivity index (χ1v) is 21.4. The highest BCUT2D eigenvalue weighted by Crippen LogP contribution is 2.52. The molecule has 2 saturated carbocycles. The van der Waals surface area contributed by atoms with Gasteiger partial charge in [-0.1, -0.05) is 37.3 Å². The molecule has 60 heavy (non-hydrogen) atoms. The Morgan fingerprint density at radius 2 is 1.82 bits per heavy atom. The van der Waals surface area contributed by atoms with Crippen LogP contribution in [0.2, 0.25) is 0 Å². The van der Waals surface area contributed by atoms with E-state index in [1.54, 1.807) is 36.7 Å². The van der Waals surface area contributed by atoms with E-state index in [0.29, 0.717) is 28.7 Å². The van der Waals surface area contributed by atoms with Gasteiger partial charge < -0.3 is 15.2 Å². The highest BCUT2D eigenvalue weighted by molar-refractivity contribution is 7.59. The predicted molar refractivity (Wildman–Crippen MR) is 240 cm³/mol. The average molecular weight is 844 g/mol. The number of hydrazone groups is 1. The number of hydrogen-bond donors (Lipinski definition) is 2. The summed E-state index contributed by atoms with van der Waals surface area (Å²) < 4.78 is 13.3. The molecule has 3 fully saturated rings. The number of nitrogens with zero attached hydrogens (tertiary/aromatic N) is 7. The van der Waals surface area contributed by atoms with Gasteiger partial charge in [-0.15, -0.1) is 21.5 Å². The van der Waals surface area contributed by atoms with Crippen LogP contribution in [0.5, 0.6) is 11.5 Å². The Morgan fingerprint density at radius 1 is 1.07 bits per heavy atom. The quantitative estimate of drug-likeness (QED) is 0.183. The Hall–Kier alpha value is -5.41. The van der Waals surface area contributed by atoms with E-state index in [0.717, 1.165) is 84.4 Å². The molecule has 2 aliphatic carbocycles. The van der Waals surface area contributed by atoms with Crippen molar-refractivity contribution in [2.24, 2.45) is 27.2 Å². The third kappa shape index (κ3) is 8.60. The van der Waals surface area contributed by atoms with Crippen LogP contribution in [0.25, 0.3) is 5.00 Å². The molecule has 2 unspecified atom stereocenters. The number of aliphatic imine (C=N–C) groups is 1. The van der Waals surface area contributed by atoms with Gasteiger partial charge in [0, 0.05) is 46.6 Å². The van der Waals surface area contributed by atoms with Gasteiger partial charge in [-0.05, 0) is 113 Å².